The van der Waals surface area contributed by atoms with E-state index in [1.165, 1.54) is 25.3 Å². The maximum atomic E-state index is 14.7. The van der Waals surface area contributed by atoms with E-state index in [2.05, 4.69) is 5.10 Å². The molecular weight excluding hydrogens is 439 g/mol. The van der Waals surface area contributed by atoms with Gasteiger partial charge >= 0.3 is 0 Å². The summed E-state index contributed by atoms with van der Waals surface area (Å²) in [6.07, 6.45) is 1.15. The van der Waals surface area contributed by atoms with Crippen molar-refractivity contribution < 1.29 is 17.5 Å². The summed E-state index contributed by atoms with van der Waals surface area (Å²) in [7, 11) is -1.85. The second-order valence-corrected chi connectivity index (χ2v) is 9.40. The molecule has 0 N–H and O–H groups in total. The van der Waals surface area contributed by atoms with Crippen molar-refractivity contribution in [3.05, 3.63) is 83.6 Å². The number of aromatic nitrogens is 2. The number of hydrogen-bond acceptors (Lipinski definition) is 4. The number of sulfone groups is 1. The molecule has 0 unspecified atom stereocenters. The van der Waals surface area contributed by atoms with Gasteiger partial charge in [-0.1, -0.05) is 23.7 Å². The van der Waals surface area contributed by atoms with Crippen molar-refractivity contribution in [3.63, 3.8) is 0 Å². The summed E-state index contributed by atoms with van der Waals surface area (Å²) in [5, 5.41) is 5.20. The van der Waals surface area contributed by atoms with Crippen molar-refractivity contribution in [2.45, 2.75) is 4.90 Å². The summed E-state index contributed by atoms with van der Waals surface area (Å²) in [6.45, 7) is 0. The molecule has 0 saturated heterocycles. The number of methoxy groups -OCH3 is 1. The van der Waals surface area contributed by atoms with Gasteiger partial charge < -0.3 is 4.74 Å². The molecule has 5 nitrogen and oxygen atoms in total. The lowest BCUT2D eigenvalue weighted by atomic mass is 10.1. The first kappa shape index (κ1) is 21.1. The fourth-order valence-corrected chi connectivity index (χ4v) is 3.96. The number of rotatable bonds is 5. The van der Waals surface area contributed by atoms with Crippen molar-refractivity contribution in [2.24, 2.45) is 0 Å². The zero-order valence-electron chi connectivity index (χ0n) is 16.7. The Balaban J connectivity index is 1.88. The molecular formula is C23H18ClFN2O3S. The highest BCUT2D eigenvalue weighted by Gasteiger charge is 2.17. The van der Waals surface area contributed by atoms with Gasteiger partial charge in [0.1, 0.15) is 11.6 Å². The van der Waals surface area contributed by atoms with E-state index in [9.17, 15) is 12.8 Å². The monoisotopic (exact) mass is 456 g/mol. The van der Waals surface area contributed by atoms with E-state index >= 15 is 0 Å². The summed E-state index contributed by atoms with van der Waals surface area (Å²) >= 11 is 6.03. The van der Waals surface area contributed by atoms with Gasteiger partial charge in [-0.25, -0.2) is 17.5 Å². The van der Waals surface area contributed by atoms with Crippen LogP contribution in [0.3, 0.4) is 0 Å². The van der Waals surface area contributed by atoms with Gasteiger partial charge in [0.05, 0.1) is 29.1 Å². The van der Waals surface area contributed by atoms with Crippen LogP contribution in [0.25, 0.3) is 28.2 Å². The molecule has 31 heavy (non-hydrogen) atoms. The number of benzene rings is 3. The van der Waals surface area contributed by atoms with Gasteiger partial charge in [-0.15, -0.1) is 0 Å². The summed E-state index contributed by atoms with van der Waals surface area (Å²) < 4.78 is 45.0. The summed E-state index contributed by atoms with van der Waals surface area (Å²) in [5.74, 6) is -0.0472. The van der Waals surface area contributed by atoms with Crippen LogP contribution in [0, 0.1) is 5.82 Å². The fourth-order valence-electron chi connectivity index (χ4n) is 3.20. The molecule has 0 fully saturated rings. The summed E-state index contributed by atoms with van der Waals surface area (Å²) in [5.41, 5.74) is 2.91. The third kappa shape index (κ3) is 4.33. The molecule has 8 heteroatoms. The van der Waals surface area contributed by atoms with Crippen LogP contribution in [-0.2, 0) is 9.84 Å². The first-order valence-corrected chi connectivity index (χ1v) is 11.5. The number of halogens is 2. The summed E-state index contributed by atoms with van der Waals surface area (Å²) in [4.78, 5) is 0.206. The van der Waals surface area contributed by atoms with Gasteiger partial charge in [0.15, 0.2) is 9.84 Å². The first-order valence-electron chi connectivity index (χ1n) is 9.26. The lowest BCUT2D eigenvalue weighted by Crippen LogP contribution is -2.01. The molecule has 4 rings (SSSR count). The van der Waals surface area contributed by atoms with E-state index in [1.807, 2.05) is 12.1 Å². The number of hydrogen-bond donors (Lipinski definition) is 0. The molecule has 4 aromatic rings. The standard InChI is InChI=1S/C23H18ClFN2O3S/c1-30-18-9-12-20(21(25)13-18)22-14-23(15-3-5-16(24)6-4-15)27(26-22)17-7-10-19(11-8-17)31(2,28)29/h3-14H,1-2H3. The smallest absolute Gasteiger partial charge is 0.175 e. The maximum absolute atomic E-state index is 14.7. The topological polar surface area (TPSA) is 61.2 Å². The molecule has 0 atom stereocenters. The molecule has 1 aromatic heterocycles. The Labute approximate surface area is 184 Å². The van der Waals surface area contributed by atoms with Crippen LogP contribution in [-0.4, -0.2) is 31.6 Å². The fraction of sp³-hybridized carbons (Fsp3) is 0.0870. The Morgan fingerprint density at radius 3 is 2.23 bits per heavy atom. The number of nitrogens with zero attached hydrogens (tertiary/aromatic N) is 2. The van der Waals surface area contributed by atoms with Crippen LogP contribution in [0.4, 0.5) is 4.39 Å². The predicted molar refractivity (Wildman–Crippen MR) is 119 cm³/mol. The van der Waals surface area contributed by atoms with E-state index in [-0.39, 0.29) is 4.90 Å². The van der Waals surface area contributed by atoms with Crippen molar-refractivity contribution in [3.8, 4) is 34.0 Å². The van der Waals surface area contributed by atoms with Crippen LogP contribution in [0.5, 0.6) is 5.75 Å². The van der Waals surface area contributed by atoms with E-state index in [1.54, 1.807) is 47.1 Å². The molecule has 0 aliphatic carbocycles. The molecule has 0 saturated carbocycles. The molecule has 158 valence electrons. The minimum Gasteiger partial charge on any atom is -0.497 e. The van der Waals surface area contributed by atoms with Gasteiger partial charge in [-0.3, -0.25) is 0 Å². The Hall–Kier alpha value is -3.16. The molecule has 0 aliphatic heterocycles. The van der Waals surface area contributed by atoms with Crippen LogP contribution >= 0.6 is 11.6 Å². The van der Waals surface area contributed by atoms with E-state index in [0.29, 0.717) is 33.4 Å². The van der Waals surface area contributed by atoms with Crippen LogP contribution in [0.15, 0.2) is 77.7 Å². The van der Waals surface area contributed by atoms with Crippen LogP contribution < -0.4 is 4.74 Å². The lowest BCUT2D eigenvalue weighted by molar-refractivity contribution is 0.411. The second kappa shape index (κ2) is 8.17. The average molecular weight is 457 g/mol. The largest absolute Gasteiger partial charge is 0.497 e. The van der Waals surface area contributed by atoms with Crippen LogP contribution in [0.2, 0.25) is 5.02 Å². The molecule has 0 radical (unpaired) electrons. The van der Waals surface area contributed by atoms with Crippen molar-refractivity contribution in [2.75, 3.05) is 13.4 Å². The molecule has 0 spiro atoms. The van der Waals surface area contributed by atoms with Crippen molar-refractivity contribution in [1.82, 2.24) is 9.78 Å². The Kier molecular flexibility index (Phi) is 5.56. The molecule has 1 heterocycles. The summed E-state index contributed by atoms with van der Waals surface area (Å²) in [6, 6.07) is 19.9. The molecule has 0 aliphatic rings. The molecule has 3 aromatic carbocycles. The van der Waals surface area contributed by atoms with Gasteiger partial charge in [0, 0.05) is 28.5 Å². The normalized spacial score (nSPS) is 11.5. The Morgan fingerprint density at radius 1 is 0.968 bits per heavy atom. The highest BCUT2D eigenvalue weighted by atomic mass is 35.5. The van der Waals surface area contributed by atoms with Crippen molar-refractivity contribution in [1.29, 1.82) is 0 Å². The Morgan fingerprint density at radius 2 is 1.65 bits per heavy atom. The van der Waals surface area contributed by atoms with E-state index in [0.717, 1.165) is 11.8 Å². The Bertz CT molecular complexity index is 1350. The predicted octanol–water partition coefficient (Wildman–Crippen LogP) is 5.41. The minimum atomic E-state index is -3.32. The second-order valence-electron chi connectivity index (χ2n) is 6.95. The average Bonchev–Trinajstić information content (AvgIpc) is 3.18. The quantitative estimate of drug-likeness (QED) is 0.403. The van der Waals surface area contributed by atoms with E-state index < -0.39 is 15.7 Å². The zero-order chi connectivity index (χ0) is 22.2. The van der Waals surface area contributed by atoms with E-state index in [4.69, 9.17) is 16.3 Å². The van der Waals surface area contributed by atoms with Crippen LogP contribution in [0.1, 0.15) is 0 Å². The van der Waals surface area contributed by atoms with Crippen molar-refractivity contribution >= 4 is 21.4 Å². The zero-order valence-corrected chi connectivity index (χ0v) is 18.3. The van der Waals surface area contributed by atoms with Gasteiger partial charge in [0.2, 0.25) is 0 Å². The third-order valence-corrected chi connectivity index (χ3v) is 6.19. The lowest BCUT2D eigenvalue weighted by Gasteiger charge is -2.08. The minimum absolute atomic E-state index is 0.206. The highest BCUT2D eigenvalue weighted by molar-refractivity contribution is 7.90. The number of ether oxygens (including phenoxy) is 1. The van der Waals surface area contributed by atoms with Gasteiger partial charge in [0.25, 0.3) is 0 Å². The van der Waals surface area contributed by atoms with Gasteiger partial charge in [-0.05, 0) is 54.6 Å². The molecule has 0 amide bonds. The van der Waals surface area contributed by atoms with Gasteiger partial charge in [-0.2, -0.15) is 5.10 Å². The highest BCUT2D eigenvalue weighted by Crippen LogP contribution is 2.32. The maximum Gasteiger partial charge on any atom is 0.175 e. The molecule has 0 bridgehead atoms. The SMILES string of the molecule is COc1ccc(-c2cc(-c3ccc(Cl)cc3)n(-c3ccc(S(C)(=O)=O)cc3)n2)c(F)c1. The first-order chi connectivity index (χ1) is 14.8. The third-order valence-electron chi connectivity index (χ3n) is 4.81.